The third kappa shape index (κ3) is 6.93. The molecule has 2 aromatic rings. The molecule has 0 nitrogen and oxygen atoms in total. The third-order valence-corrected chi connectivity index (χ3v) is 2.83. The molecule has 0 fully saturated rings. The number of hydrogen-bond acceptors (Lipinski definition) is 0. The van der Waals surface area contributed by atoms with Crippen molar-refractivity contribution in [3.63, 3.8) is 0 Å². The molecule has 21 heavy (non-hydrogen) atoms. The molecule has 4 rings (SSSR count). The van der Waals surface area contributed by atoms with E-state index in [4.69, 9.17) is 0 Å². The maximum Gasteiger partial charge on any atom is 2.00 e. The molecule has 0 saturated carbocycles. The van der Waals surface area contributed by atoms with Gasteiger partial charge in [0.2, 0.25) is 0 Å². The van der Waals surface area contributed by atoms with E-state index in [9.17, 15) is 0 Å². The fourth-order valence-corrected chi connectivity index (χ4v) is 1.81. The van der Waals surface area contributed by atoms with Crippen LogP contribution in [0.1, 0.15) is 12.8 Å². The quantitative estimate of drug-likeness (QED) is 0.448. The Morgan fingerprint density at radius 3 is 1.19 bits per heavy atom. The van der Waals surface area contributed by atoms with Crippen LogP contribution in [-0.4, -0.2) is 0 Å². The minimum Gasteiger partial charge on any atom is -0.273 e. The van der Waals surface area contributed by atoms with Crippen molar-refractivity contribution < 1.29 is 16.5 Å². The van der Waals surface area contributed by atoms with Crippen LogP contribution >= 0.6 is 0 Å². The van der Waals surface area contributed by atoms with Crippen molar-refractivity contribution in [1.29, 1.82) is 0 Å². The first-order valence-electron chi connectivity index (χ1n) is 6.84. The van der Waals surface area contributed by atoms with Crippen LogP contribution < -0.4 is 0 Å². The second-order valence-corrected chi connectivity index (χ2v) is 4.35. The summed E-state index contributed by atoms with van der Waals surface area (Å²) in [7, 11) is 0. The minimum absolute atomic E-state index is 0. The molecule has 2 aliphatic carbocycles. The van der Waals surface area contributed by atoms with E-state index in [1.165, 1.54) is 10.8 Å². The van der Waals surface area contributed by atoms with Gasteiger partial charge < -0.3 is 0 Å². The first kappa shape index (κ1) is 17.2. The van der Waals surface area contributed by atoms with E-state index < -0.39 is 0 Å². The Labute approximate surface area is 137 Å². The second kappa shape index (κ2) is 10.9. The van der Waals surface area contributed by atoms with Gasteiger partial charge in [0, 0.05) is 0 Å². The Bertz CT molecular complexity index is 526. The molecule has 0 saturated heterocycles. The molecule has 0 spiro atoms. The Morgan fingerprint density at radius 1 is 0.619 bits per heavy atom. The van der Waals surface area contributed by atoms with Crippen molar-refractivity contribution in [2.24, 2.45) is 0 Å². The van der Waals surface area contributed by atoms with Crippen molar-refractivity contribution in [1.82, 2.24) is 0 Å². The SMILES string of the molecule is [C-]1=CC=CC1.[C-]1=CC=CC1.[Ni+2].c1ccc2ccccc2c1. The number of benzene rings is 2. The first-order valence-corrected chi connectivity index (χ1v) is 6.84. The fraction of sp³-hybridized carbons (Fsp3) is 0.100. The normalized spacial score (nSPS) is 13.1. The van der Waals surface area contributed by atoms with Gasteiger partial charge in [-0.1, -0.05) is 48.5 Å². The molecule has 0 aliphatic heterocycles. The zero-order chi connectivity index (χ0) is 13.9. The van der Waals surface area contributed by atoms with Crippen LogP contribution in [0.4, 0.5) is 0 Å². The molecule has 0 unspecified atom stereocenters. The zero-order valence-electron chi connectivity index (χ0n) is 11.8. The number of fused-ring (bicyclic) bond motifs is 1. The largest absolute Gasteiger partial charge is 2.00 e. The molecule has 0 atom stereocenters. The Kier molecular flexibility index (Phi) is 8.92. The Morgan fingerprint density at radius 2 is 1.00 bits per heavy atom. The molecule has 0 heterocycles. The van der Waals surface area contributed by atoms with Crippen LogP contribution in [0.2, 0.25) is 0 Å². The maximum absolute atomic E-state index is 2.99. The summed E-state index contributed by atoms with van der Waals surface area (Å²) in [5.74, 6) is 0. The standard InChI is InChI=1S/C10H8.2C5H5.Ni/c1-2-6-10-8-4-3-7-9(10)5-1;2*1-2-4-5-3-1;/h1-8H;2*1-3H,4H2;/q;2*-1;+2. The summed E-state index contributed by atoms with van der Waals surface area (Å²) in [5.41, 5.74) is 0. The Hall–Kier alpha value is -1.85. The van der Waals surface area contributed by atoms with Gasteiger partial charge in [0.15, 0.2) is 0 Å². The van der Waals surface area contributed by atoms with Crippen molar-refractivity contribution in [2.45, 2.75) is 12.8 Å². The molecule has 0 bridgehead atoms. The summed E-state index contributed by atoms with van der Waals surface area (Å²) < 4.78 is 0. The van der Waals surface area contributed by atoms with E-state index in [1.54, 1.807) is 0 Å². The smallest absolute Gasteiger partial charge is 0.273 e. The summed E-state index contributed by atoms with van der Waals surface area (Å²) in [6.45, 7) is 0. The van der Waals surface area contributed by atoms with Crippen molar-refractivity contribution >= 4 is 10.8 Å². The van der Waals surface area contributed by atoms with E-state index in [0.29, 0.717) is 0 Å². The monoisotopic (exact) mass is 316 g/mol. The fourth-order valence-electron chi connectivity index (χ4n) is 1.81. The average molecular weight is 317 g/mol. The second-order valence-electron chi connectivity index (χ2n) is 4.35. The number of allylic oxidation sites excluding steroid dienone is 8. The summed E-state index contributed by atoms with van der Waals surface area (Å²) in [6, 6.07) is 16.7. The summed E-state index contributed by atoms with van der Waals surface area (Å²) in [6.07, 6.45) is 20.0. The third-order valence-electron chi connectivity index (χ3n) is 2.83. The van der Waals surface area contributed by atoms with E-state index in [2.05, 4.69) is 72.8 Å². The van der Waals surface area contributed by atoms with E-state index in [1.807, 2.05) is 24.3 Å². The van der Waals surface area contributed by atoms with Gasteiger partial charge in [-0.15, -0.1) is 12.8 Å². The molecule has 2 aromatic carbocycles. The van der Waals surface area contributed by atoms with Crippen LogP contribution in [0.5, 0.6) is 0 Å². The van der Waals surface area contributed by atoms with Gasteiger partial charge in [0.1, 0.15) is 0 Å². The van der Waals surface area contributed by atoms with E-state index in [-0.39, 0.29) is 16.5 Å². The topological polar surface area (TPSA) is 0 Å². The van der Waals surface area contributed by atoms with Crippen LogP contribution in [0.15, 0.2) is 85.0 Å². The average Bonchev–Trinajstić information content (AvgIpc) is 3.25. The number of hydrogen-bond donors (Lipinski definition) is 0. The van der Waals surface area contributed by atoms with E-state index >= 15 is 0 Å². The predicted octanol–water partition coefficient (Wildman–Crippen LogP) is 5.45. The molecule has 1 heteroatoms. The molecule has 0 N–H and O–H groups in total. The molecule has 0 amide bonds. The Balaban J connectivity index is 0.000000171. The summed E-state index contributed by atoms with van der Waals surface area (Å²) >= 11 is 0. The van der Waals surface area contributed by atoms with Gasteiger partial charge >= 0.3 is 16.5 Å². The maximum atomic E-state index is 2.99. The van der Waals surface area contributed by atoms with Gasteiger partial charge in [-0.25, -0.2) is 24.3 Å². The van der Waals surface area contributed by atoms with E-state index in [0.717, 1.165) is 12.8 Å². The summed E-state index contributed by atoms with van der Waals surface area (Å²) in [4.78, 5) is 0. The summed E-state index contributed by atoms with van der Waals surface area (Å²) in [5, 5.41) is 2.62. The zero-order valence-corrected chi connectivity index (χ0v) is 12.8. The van der Waals surface area contributed by atoms with Gasteiger partial charge in [0.05, 0.1) is 0 Å². The van der Waals surface area contributed by atoms with Crippen molar-refractivity contribution in [3.8, 4) is 0 Å². The van der Waals surface area contributed by atoms with Crippen molar-refractivity contribution in [3.05, 3.63) is 97.1 Å². The van der Waals surface area contributed by atoms with Gasteiger partial charge in [-0.3, -0.25) is 12.2 Å². The molecule has 0 aromatic heterocycles. The predicted molar refractivity (Wildman–Crippen MR) is 87.1 cm³/mol. The van der Waals surface area contributed by atoms with Crippen LogP contribution in [-0.2, 0) is 16.5 Å². The molecular formula is C20H18Ni. The molecular weight excluding hydrogens is 299 g/mol. The van der Waals surface area contributed by atoms with Gasteiger partial charge in [-0.2, -0.15) is 12.2 Å². The van der Waals surface area contributed by atoms with Crippen LogP contribution in [0.3, 0.4) is 0 Å². The van der Waals surface area contributed by atoms with Gasteiger partial charge in [-0.05, 0) is 10.8 Å². The molecule has 0 radical (unpaired) electrons. The minimum atomic E-state index is 0. The first-order chi connectivity index (χ1) is 9.97. The van der Waals surface area contributed by atoms with Crippen LogP contribution in [0.25, 0.3) is 10.8 Å². The molecule has 108 valence electrons. The van der Waals surface area contributed by atoms with Gasteiger partial charge in [0.25, 0.3) is 0 Å². The van der Waals surface area contributed by atoms with Crippen molar-refractivity contribution in [2.75, 3.05) is 0 Å². The number of rotatable bonds is 0. The molecule has 2 aliphatic rings. The van der Waals surface area contributed by atoms with Crippen LogP contribution in [0, 0.1) is 12.2 Å².